The fourth-order valence-corrected chi connectivity index (χ4v) is 1.72. The monoisotopic (exact) mass is 318 g/mol. The van der Waals surface area contributed by atoms with Gasteiger partial charge < -0.3 is 10.2 Å². The van der Waals surface area contributed by atoms with Gasteiger partial charge in [-0.1, -0.05) is 53.2 Å². The minimum Gasteiger partial charge on any atom is -0.481 e. The zero-order chi connectivity index (χ0) is 17.7. The first-order chi connectivity index (χ1) is 10.8. The third kappa shape index (κ3) is 14.3. The van der Waals surface area contributed by atoms with E-state index in [4.69, 9.17) is 10.2 Å². The molecule has 23 heavy (non-hydrogen) atoms. The summed E-state index contributed by atoms with van der Waals surface area (Å²) in [7, 11) is 0. The Morgan fingerprint density at radius 1 is 0.826 bits per heavy atom. The molecule has 0 fully saturated rings. The standard InChI is InChI=1S/C19H26O4/c1-15(9-6-10-17(3)12-14-19(22)23)7-4-5-8-16(2)11-13-18(20)21/h4-5,7-8,10-11,13H,6,9,12,14H2,1-3H3,(H,20,21)(H,22,23)/b5-4+,13-11+,15-7+,16-8+,17-10+. The van der Waals surface area contributed by atoms with E-state index in [2.05, 4.69) is 6.08 Å². The summed E-state index contributed by atoms with van der Waals surface area (Å²) < 4.78 is 0. The molecule has 4 heteroatoms. The summed E-state index contributed by atoms with van der Waals surface area (Å²) >= 11 is 0. The fraction of sp³-hybridized carbons (Fsp3) is 0.368. The van der Waals surface area contributed by atoms with E-state index in [1.165, 1.54) is 5.57 Å². The number of carbonyl (C=O) groups is 2. The van der Waals surface area contributed by atoms with Gasteiger partial charge in [0.2, 0.25) is 0 Å². The van der Waals surface area contributed by atoms with Crippen molar-refractivity contribution in [3.63, 3.8) is 0 Å². The summed E-state index contributed by atoms with van der Waals surface area (Å²) in [5.74, 6) is -1.72. The Bertz CT molecular complexity index is 546. The maximum absolute atomic E-state index is 10.5. The molecule has 0 aliphatic heterocycles. The normalized spacial score (nSPS) is 14.0. The Labute approximate surface area is 138 Å². The minimum atomic E-state index is -0.954. The van der Waals surface area contributed by atoms with E-state index in [-0.39, 0.29) is 6.42 Å². The Morgan fingerprint density at radius 2 is 1.48 bits per heavy atom. The van der Waals surface area contributed by atoms with E-state index in [0.717, 1.165) is 30.1 Å². The third-order valence-electron chi connectivity index (χ3n) is 3.10. The van der Waals surface area contributed by atoms with Crippen LogP contribution in [0.15, 0.2) is 59.3 Å². The highest BCUT2D eigenvalue weighted by Crippen LogP contribution is 2.10. The van der Waals surface area contributed by atoms with Crippen LogP contribution in [0.5, 0.6) is 0 Å². The minimum absolute atomic E-state index is 0.182. The van der Waals surface area contributed by atoms with Gasteiger partial charge in [-0.25, -0.2) is 4.79 Å². The smallest absolute Gasteiger partial charge is 0.328 e. The molecule has 4 nitrogen and oxygen atoms in total. The molecule has 0 aliphatic carbocycles. The zero-order valence-electron chi connectivity index (χ0n) is 14.1. The SMILES string of the molecule is CC(/C=C/C(=O)O)=C\C=C\C=C(/C)CC/C=C(\C)CCC(=O)O. The largest absolute Gasteiger partial charge is 0.481 e. The number of aliphatic carboxylic acids is 2. The predicted molar refractivity (Wildman–Crippen MR) is 93.3 cm³/mol. The van der Waals surface area contributed by atoms with Crippen LogP contribution in [-0.2, 0) is 9.59 Å². The molecule has 0 radical (unpaired) electrons. The number of hydrogen-bond acceptors (Lipinski definition) is 2. The molecule has 0 aliphatic rings. The van der Waals surface area contributed by atoms with E-state index in [0.29, 0.717) is 6.42 Å². The van der Waals surface area contributed by atoms with Crippen molar-refractivity contribution in [2.75, 3.05) is 0 Å². The third-order valence-corrected chi connectivity index (χ3v) is 3.10. The van der Waals surface area contributed by atoms with Gasteiger partial charge in [-0.15, -0.1) is 0 Å². The van der Waals surface area contributed by atoms with Gasteiger partial charge in [0.25, 0.3) is 0 Å². The van der Waals surface area contributed by atoms with Crippen molar-refractivity contribution in [2.24, 2.45) is 0 Å². The molecule has 0 bridgehead atoms. The summed E-state index contributed by atoms with van der Waals surface area (Å²) in [4.78, 5) is 20.8. The second-order valence-corrected chi connectivity index (χ2v) is 5.46. The Hall–Kier alpha value is -2.36. The van der Waals surface area contributed by atoms with Crippen LogP contribution in [0.25, 0.3) is 0 Å². The van der Waals surface area contributed by atoms with Crippen LogP contribution in [-0.4, -0.2) is 22.2 Å². The molecule has 2 N–H and O–H groups in total. The number of hydrogen-bond donors (Lipinski definition) is 2. The summed E-state index contributed by atoms with van der Waals surface area (Å²) in [6.07, 6.45) is 15.0. The number of carboxylic acid groups (broad SMARTS) is 2. The summed E-state index contributed by atoms with van der Waals surface area (Å²) in [5, 5.41) is 17.1. The van der Waals surface area contributed by atoms with Gasteiger partial charge in [-0.2, -0.15) is 0 Å². The first-order valence-electron chi connectivity index (χ1n) is 7.60. The van der Waals surface area contributed by atoms with Crippen LogP contribution >= 0.6 is 0 Å². The van der Waals surface area contributed by atoms with Crippen molar-refractivity contribution >= 4 is 11.9 Å². The lowest BCUT2D eigenvalue weighted by atomic mass is 10.1. The van der Waals surface area contributed by atoms with Crippen LogP contribution < -0.4 is 0 Å². The predicted octanol–water partition coefficient (Wildman–Crippen LogP) is 4.67. The van der Waals surface area contributed by atoms with E-state index >= 15 is 0 Å². The van der Waals surface area contributed by atoms with Crippen LogP contribution in [0.3, 0.4) is 0 Å². The molecule has 0 aromatic rings. The Balaban J connectivity index is 4.23. The quantitative estimate of drug-likeness (QED) is 0.349. The first-order valence-corrected chi connectivity index (χ1v) is 7.60. The second-order valence-electron chi connectivity index (χ2n) is 5.46. The van der Waals surface area contributed by atoms with Crippen LogP contribution in [0.4, 0.5) is 0 Å². The van der Waals surface area contributed by atoms with Gasteiger partial charge in [0.05, 0.1) is 0 Å². The van der Waals surface area contributed by atoms with Gasteiger partial charge in [0, 0.05) is 12.5 Å². The van der Waals surface area contributed by atoms with Crippen molar-refractivity contribution < 1.29 is 19.8 Å². The zero-order valence-corrected chi connectivity index (χ0v) is 14.1. The molecule has 0 heterocycles. The highest BCUT2D eigenvalue weighted by atomic mass is 16.4. The summed E-state index contributed by atoms with van der Waals surface area (Å²) in [5.41, 5.74) is 3.21. The van der Waals surface area contributed by atoms with Crippen molar-refractivity contribution in [3.05, 3.63) is 59.3 Å². The van der Waals surface area contributed by atoms with E-state index in [1.807, 2.05) is 45.1 Å². The molecule has 0 atom stereocenters. The van der Waals surface area contributed by atoms with Gasteiger partial charge >= 0.3 is 11.9 Å². The lowest BCUT2D eigenvalue weighted by Crippen LogP contribution is -1.94. The highest BCUT2D eigenvalue weighted by molar-refractivity contribution is 5.80. The second kappa shape index (κ2) is 12.2. The Kier molecular flexibility index (Phi) is 11.0. The molecule has 0 aromatic heterocycles. The number of rotatable bonds is 10. The molecule has 0 saturated carbocycles. The first kappa shape index (κ1) is 20.6. The van der Waals surface area contributed by atoms with Crippen LogP contribution in [0.2, 0.25) is 0 Å². The van der Waals surface area contributed by atoms with Gasteiger partial charge in [0.1, 0.15) is 0 Å². The molecular weight excluding hydrogens is 292 g/mol. The topological polar surface area (TPSA) is 74.6 Å². The van der Waals surface area contributed by atoms with Crippen molar-refractivity contribution in [1.82, 2.24) is 0 Å². The molecule has 126 valence electrons. The van der Waals surface area contributed by atoms with Crippen LogP contribution in [0, 0.1) is 0 Å². The summed E-state index contributed by atoms with van der Waals surface area (Å²) in [6, 6.07) is 0. The van der Waals surface area contributed by atoms with E-state index in [1.54, 1.807) is 6.08 Å². The maximum atomic E-state index is 10.5. The molecule has 0 aromatic carbocycles. The van der Waals surface area contributed by atoms with Gasteiger partial charge in [0.15, 0.2) is 0 Å². The lowest BCUT2D eigenvalue weighted by Gasteiger charge is -2.00. The maximum Gasteiger partial charge on any atom is 0.328 e. The van der Waals surface area contributed by atoms with Crippen molar-refractivity contribution in [2.45, 2.75) is 46.5 Å². The van der Waals surface area contributed by atoms with Crippen molar-refractivity contribution in [3.8, 4) is 0 Å². The number of allylic oxidation sites excluding steroid dienone is 9. The molecule has 0 unspecified atom stereocenters. The average Bonchev–Trinajstić information content (AvgIpc) is 2.47. The van der Waals surface area contributed by atoms with Crippen molar-refractivity contribution in [1.29, 1.82) is 0 Å². The van der Waals surface area contributed by atoms with E-state index < -0.39 is 11.9 Å². The Morgan fingerprint density at radius 3 is 2.09 bits per heavy atom. The van der Waals surface area contributed by atoms with Crippen LogP contribution in [0.1, 0.15) is 46.5 Å². The molecule has 0 rings (SSSR count). The highest BCUT2D eigenvalue weighted by Gasteiger charge is 1.97. The van der Waals surface area contributed by atoms with Gasteiger partial charge in [-0.05, 0) is 40.0 Å². The van der Waals surface area contributed by atoms with Gasteiger partial charge in [-0.3, -0.25) is 4.79 Å². The average molecular weight is 318 g/mol. The molecule has 0 saturated heterocycles. The molecule has 0 spiro atoms. The molecular formula is C19H26O4. The molecule has 0 amide bonds. The fourth-order valence-electron chi connectivity index (χ4n) is 1.72. The van der Waals surface area contributed by atoms with E-state index in [9.17, 15) is 9.59 Å². The lowest BCUT2D eigenvalue weighted by molar-refractivity contribution is -0.137. The number of carboxylic acids is 2. The summed E-state index contributed by atoms with van der Waals surface area (Å²) in [6.45, 7) is 5.84.